The lowest BCUT2D eigenvalue weighted by Gasteiger charge is -2.24. The second-order valence-corrected chi connectivity index (χ2v) is 27.1. The Morgan fingerprint density at radius 3 is 1.47 bits per heavy atom. The topological polar surface area (TPSA) is 526 Å². The summed E-state index contributed by atoms with van der Waals surface area (Å²) in [4.78, 5) is 126. The Kier molecular flexibility index (Phi) is 41.7. The van der Waals surface area contributed by atoms with E-state index < -0.39 is 47.8 Å². The lowest BCUT2D eigenvalue weighted by molar-refractivity contribution is -0.134. The number of ketones is 4. The molecule has 29 nitrogen and oxygen atoms in total. The van der Waals surface area contributed by atoms with Crippen molar-refractivity contribution in [3.8, 4) is 17.2 Å². The van der Waals surface area contributed by atoms with Gasteiger partial charge in [-0.2, -0.15) is 0 Å². The number of carbonyl (C=O) groups is 7. The highest BCUT2D eigenvalue weighted by Crippen LogP contribution is 2.40. The molecule has 3 aromatic rings. The first-order valence-corrected chi connectivity index (χ1v) is 36.2. The molecule has 0 spiro atoms. The number of fused-ring (bicyclic) bond motifs is 2. The van der Waals surface area contributed by atoms with Crippen LogP contribution in [0.1, 0.15) is 206 Å². The van der Waals surface area contributed by atoms with Gasteiger partial charge in [-0.3, -0.25) is 58.3 Å². The largest absolute Gasteiger partial charge is 0.507 e. The van der Waals surface area contributed by atoms with Gasteiger partial charge in [0.05, 0.1) is 43.9 Å². The molecule has 3 rings (SSSR count). The van der Waals surface area contributed by atoms with Gasteiger partial charge in [0, 0.05) is 106 Å². The van der Waals surface area contributed by atoms with E-state index in [1.54, 1.807) is 0 Å². The molecule has 2 aromatic carbocycles. The van der Waals surface area contributed by atoms with Crippen LogP contribution in [0.15, 0.2) is 64.6 Å². The van der Waals surface area contributed by atoms with Gasteiger partial charge in [0.1, 0.15) is 45.4 Å². The summed E-state index contributed by atoms with van der Waals surface area (Å²) in [7, 11) is 0. The Labute approximate surface area is 605 Å². The van der Waals surface area contributed by atoms with E-state index in [2.05, 4.69) is 37.5 Å². The summed E-state index contributed by atoms with van der Waals surface area (Å²) in [5, 5.41) is 29.2. The van der Waals surface area contributed by atoms with Crippen molar-refractivity contribution in [2.75, 3.05) is 52.5 Å². The normalized spacial score (nSPS) is 12.9. The quantitative estimate of drug-likeness (QED) is 0.00785. The zero-order valence-corrected chi connectivity index (χ0v) is 61.7. The first-order chi connectivity index (χ1) is 49.1. The highest BCUT2D eigenvalue weighted by molar-refractivity contribution is 5.98. The van der Waals surface area contributed by atoms with Gasteiger partial charge in [-0.25, -0.2) is 0 Å². The smallest absolute Gasteiger partial charge is 0.293 e. The van der Waals surface area contributed by atoms with Crippen LogP contribution < -0.4 is 77.1 Å². The molecule has 22 N–H and O–H groups in total. The molecule has 2 amide bonds. The van der Waals surface area contributed by atoms with Crippen LogP contribution in [0.4, 0.5) is 0 Å². The highest BCUT2D eigenvalue weighted by atomic mass is 16.5. The molecule has 0 aliphatic heterocycles. The maximum atomic E-state index is 15.0. The van der Waals surface area contributed by atoms with Crippen molar-refractivity contribution in [2.45, 2.75) is 221 Å². The van der Waals surface area contributed by atoms with Gasteiger partial charge in [-0.05, 0) is 148 Å². The molecule has 0 bridgehead atoms. The van der Waals surface area contributed by atoms with Gasteiger partial charge < -0.3 is 91.1 Å². The minimum absolute atomic E-state index is 0.00455. The fourth-order valence-corrected chi connectivity index (χ4v) is 12.1. The zero-order valence-electron chi connectivity index (χ0n) is 61.7. The van der Waals surface area contributed by atoms with E-state index in [1.165, 1.54) is 12.1 Å². The van der Waals surface area contributed by atoms with Crippen molar-refractivity contribution >= 4 is 87.2 Å². The SMILES string of the molecule is CCCCC[C@H](NC(=O)[C@@H](CCCN=C(N)N)CC(=O)CCCOc1cc2oc3cc(OCCCC(=O)C[C@@H](CCCN=C(N)N)C(=O)N[C@H](CCCCN)C(=O)CC(CCCN=C(N)N)COC=O)c(CO)c(CC=C(C)C)c3c(=O)c2c(O)c1CC=C(C)C)C(=O)CC(C)CCCN=C(N)N. The van der Waals surface area contributed by atoms with Crippen molar-refractivity contribution in [2.24, 2.45) is 95.2 Å². The number of guanidine groups is 4. The maximum absolute atomic E-state index is 15.0. The number of nitrogens with one attached hydrogen (secondary N) is 2. The van der Waals surface area contributed by atoms with Crippen LogP contribution in [0.25, 0.3) is 21.9 Å². The number of hydrogen-bond donors (Lipinski definition) is 13. The number of hydrogen-bond acceptors (Lipinski definition) is 19. The Morgan fingerprint density at radius 1 is 0.563 bits per heavy atom. The van der Waals surface area contributed by atoms with Crippen LogP contribution in [-0.2, 0) is 57.7 Å². The van der Waals surface area contributed by atoms with Crippen molar-refractivity contribution in [1.82, 2.24) is 10.6 Å². The maximum Gasteiger partial charge on any atom is 0.293 e. The second kappa shape index (κ2) is 48.7. The number of aliphatic hydroxyl groups is 1. The summed E-state index contributed by atoms with van der Waals surface area (Å²) in [6.45, 7) is 12.8. The van der Waals surface area contributed by atoms with Crippen LogP contribution in [0, 0.1) is 23.7 Å². The van der Waals surface area contributed by atoms with E-state index in [9.17, 15) is 43.8 Å². The summed E-state index contributed by atoms with van der Waals surface area (Å²) in [6, 6.07) is 1.35. The van der Waals surface area contributed by atoms with E-state index in [0.29, 0.717) is 95.0 Å². The van der Waals surface area contributed by atoms with Crippen molar-refractivity contribution in [1.29, 1.82) is 0 Å². The first kappa shape index (κ1) is 88.1. The van der Waals surface area contributed by atoms with Gasteiger partial charge in [0.25, 0.3) is 6.47 Å². The molecule has 0 radical (unpaired) electrons. The number of aromatic hydroxyl groups is 1. The molecule has 1 heterocycles. The average Bonchev–Trinajstić information content (AvgIpc) is 0.736. The third-order valence-electron chi connectivity index (χ3n) is 17.6. The van der Waals surface area contributed by atoms with Crippen LogP contribution in [0.3, 0.4) is 0 Å². The molecule has 0 aliphatic carbocycles. The second-order valence-electron chi connectivity index (χ2n) is 27.1. The van der Waals surface area contributed by atoms with Crippen LogP contribution in [-0.4, -0.2) is 140 Å². The molecule has 103 heavy (non-hydrogen) atoms. The fraction of sp³-hybridized carbons (Fsp3) is 0.622. The van der Waals surface area contributed by atoms with Gasteiger partial charge in [-0.15, -0.1) is 0 Å². The van der Waals surface area contributed by atoms with Gasteiger partial charge in [0.15, 0.2) is 35.4 Å². The van der Waals surface area contributed by atoms with Crippen LogP contribution >= 0.6 is 0 Å². The Morgan fingerprint density at radius 2 is 1.01 bits per heavy atom. The number of phenolic OH excluding ortho intramolecular Hbond substituents is 1. The molecule has 0 aliphatic rings. The molecule has 1 aromatic heterocycles. The molecule has 0 saturated carbocycles. The number of aliphatic imine (C=N–C) groups is 4. The monoisotopic (exact) mass is 1440 g/mol. The third kappa shape index (κ3) is 33.7. The number of allylic oxidation sites excluding steroid dienone is 4. The number of Topliss-reactive ketones (excluding diaryl/α,β-unsaturated/α-hetero) is 4. The van der Waals surface area contributed by atoms with E-state index in [1.807, 2.05) is 46.8 Å². The minimum atomic E-state index is -0.928. The van der Waals surface area contributed by atoms with Crippen molar-refractivity contribution < 1.29 is 62.4 Å². The number of amides is 2. The first-order valence-electron chi connectivity index (χ1n) is 36.2. The molecular formula is C74H119N15O14. The van der Waals surface area contributed by atoms with Gasteiger partial charge >= 0.3 is 0 Å². The van der Waals surface area contributed by atoms with E-state index >= 15 is 4.79 Å². The minimum Gasteiger partial charge on any atom is -0.507 e. The number of rotatable bonds is 56. The number of nitrogens with two attached hydrogens (primary N) is 9. The lowest BCUT2D eigenvalue weighted by Crippen LogP contribution is -2.45. The summed E-state index contributed by atoms with van der Waals surface area (Å²) >= 11 is 0. The highest BCUT2D eigenvalue weighted by Gasteiger charge is 2.31. The van der Waals surface area contributed by atoms with Crippen LogP contribution in [0.5, 0.6) is 17.2 Å². The molecule has 6 atom stereocenters. The molecule has 29 heteroatoms. The number of phenols is 1. The molecule has 2 unspecified atom stereocenters. The fourth-order valence-electron chi connectivity index (χ4n) is 12.1. The lowest BCUT2D eigenvalue weighted by atomic mass is 9.91. The standard InChI is InChI=1S/C74H119N15O14/c1-7-8-9-24-57(59(94)37-48(6)18-12-31-84-71(76)77)88-69(98)50(20-14-33-86-73(80)81)39-52(92)22-16-35-101-61-41-64-66(67(96)55(61)29-27-47(4)5)68(97)65-54(28-26-46(2)3)56(43-90)62(42-63(65)103-64)102-36-17-23-53(93)40-51(21-15-34-87-74(82)83)70(99)89-58(25-10-11-30-75)60(95)38-49(44-100-45-91)19-13-32-85-72(78)79/h26-27,41-42,45,48-51,57-58,90,96H,7-25,28-40,43-44,75H2,1-6H3,(H,88,98)(H,89,99)(H4,76,77,84)(H4,78,79,85)(H4,80,81,86)(H4,82,83,87)/t48?,49?,50-,51+,57-,58+/m0/s1. The summed E-state index contributed by atoms with van der Waals surface area (Å²) in [6.07, 6.45) is 12.3. The number of carbonyl (C=O) groups excluding carboxylic acids is 7. The van der Waals surface area contributed by atoms with E-state index in [-0.39, 0.29) is 220 Å². The van der Waals surface area contributed by atoms with E-state index in [0.717, 1.165) is 30.4 Å². The van der Waals surface area contributed by atoms with E-state index in [4.69, 9.17) is 70.2 Å². The number of unbranched alkanes of at least 4 members (excludes halogenated alkanes) is 3. The predicted octanol–water partition coefficient (Wildman–Crippen LogP) is 5.87. The molecule has 0 saturated heterocycles. The number of aliphatic hydroxyl groups excluding tert-OH is 1. The molecule has 574 valence electrons. The zero-order chi connectivity index (χ0) is 76.4. The Balaban J connectivity index is 1.95. The van der Waals surface area contributed by atoms with Gasteiger partial charge in [0.2, 0.25) is 17.2 Å². The predicted molar refractivity (Wildman–Crippen MR) is 404 cm³/mol. The molecule has 0 fully saturated rings. The summed E-state index contributed by atoms with van der Waals surface area (Å²) in [5.74, 6) is -4.12. The number of ether oxygens (including phenoxy) is 3. The molecular weight excluding hydrogens is 1320 g/mol. The van der Waals surface area contributed by atoms with Crippen LogP contribution in [0.2, 0.25) is 0 Å². The number of nitrogens with zero attached hydrogens (tertiary/aromatic N) is 4. The van der Waals surface area contributed by atoms with Crippen molar-refractivity contribution in [3.05, 3.63) is 62.3 Å². The Hall–Kier alpha value is -9.12. The number of benzene rings is 2. The summed E-state index contributed by atoms with van der Waals surface area (Å²) in [5.41, 5.74) is 52.4. The average molecular weight is 1440 g/mol. The van der Waals surface area contributed by atoms with Crippen molar-refractivity contribution in [3.63, 3.8) is 0 Å². The Bertz CT molecular complexity index is 3470. The third-order valence-corrected chi connectivity index (χ3v) is 17.6. The van der Waals surface area contributed by atoms with Gasteiger partial charge in [-0.1, -0.05) is 56.4 Å². The summed E-state index contributed by atoms with van der Waals surface area (Å²) < 4.78 is 24.3.